The molecule has 0 aromatic carbocycles. The number of anilines is 2. The highest BCUT2D eigenvalue weighted by Crippen LogP contribution is 2.37. The summed E-state index contributed by atoms with van der Waals surface area (Å²) in [5.74, 6) is 0.833. The van der Waals surface area contributed by atoms with E-state index in [2.05, 4.69) is 35.1 Å². The monoisotopic (exact) mass is 263 g/mol. The topological polar surface area (TPSA) is 37.4 Å². The molecule has 1 aromatic heterocycles. The molecule has 0 bridgehead atoms. The third-order valence-electron chi connectivity index (χ3n) is 3.77. The second-order valence-corrected chi connectivity index (χ2v) is 5.23. The van der Waals surface area contributed by atoms with Crippen LogP contribution in [0.5, 0.6) is 0 Å². The van der Waals surface area contributed by atoms with E-state index < -0.39 is 0 Å². The summed E-state index contributed by atoms with van der Waals surface area (Å²) in [6.45, 7) is 7.00. The van der Waals surface area contributed by atoms with E-state index in [9.17, 15) is 0 Å². The fourth-order valence-electron chi connectivity index (χ4n) is 2.48. The Bertz CT molecular complexity index is 393. The van der Waals surface area contributed by atoms with E-state index in [4.69, 9.17) is 4.74 Å². The maximum atomic E-state index is 5.24. The van der Waals surface area contributed by atoms with Crippen LogP contribution in [-0.2, 0) is 4.74 Å². The van der Waals surface area contributed by atoms with Gasteiger partial charge in [0, 0.05) is 26.2 Å². The van der Waals surface area contributed by atoms with Gasteiger partial charge in [-0.2, -0.15) is 0 Å². The third kappa shape index (κ3) is 3.83. The van der Waals surface area contributed by atoms with Gasteiger partial charge in [0.05, 0.1) is 30.4 Å². The van der Waals surface area contributed by atoms with E-state index in [0.717, 1.165) is 31.3 Å². The first-order valence-corrected chi connectivity index (χ1v) is 7.20. The summed E-state index contributed by atoms with van der Waals surface area (Å²) in [6, 6.07) is 2.75. The molecule has 2 rings (SSSR count). The Morgan fingerprint density at radius 1 is 1.47 bits per heavy atom. The molecule has 1 aliphatic rings. The molecule has 1 saturated carbocycles. The van der Waals surface area contributed by atoms with E-state index in [1.165, 1.54) is 18.5 Å². The molecule has 0 saturated heterocycles. The maximum absolute atomic E-state index is 5.24. The molecular formula is C15H25N3O. The number of pyridine rings is 1. The lowest BCUT2D eigenvalue weighted by Gasteiger charge is -2.31. The number of ether oxygens (including phenoxy) is 1. The molecule has 4 heteroatoms. The molecule has 1 aliphatic carbocycles. The standard InChI is InChI=1S/C15H25N3O/c1-4-17-14-9-15(11-16-10-14)18(7-8-19-3)12(2)13-5-6-13/h9-13,17H,4-8H2,1-3H3. The van der Waals surface area contributed by atoms with Gasteiger partial charge >= 0.3 is 0 Å². The molecule has 0 amide bonds. The van der Waals surface area contributed by atoms with Crippen LogP contribution in [0.2, 0.25) is 0 Å². The summed E-state index contributed by atoms with van der Waals surface area (Å²) in [6.07, 6.45) is 6.54. The van der Waals surface area contributed by atoms with Crippen LogP contribution in [0.1, 0.15) is 26.7 Å². The van der Waals surface area contributed by atoms with Crippen molar-refractivity contribution in [2.45, 2.75) is 32.7 Å². The second kappa shape index (κ2) is 6.75. The first-order valence-electron chi connectivity index (χ1n) is 7.20. The maximum Gasteiger partial charge on any atom is 0.0637 e. The minimum absolute atomic E-state index is 0.564. The van der Waals surface area contributed by atoms with Crippen LogP contribution in [0, 0.1) is 5.92 Å². The minimum Gasteiger partial charge on any atom is -0.384 e. The van der Waals surface area contributed by atoms with Crippen molar-refractivity contribution in [2.24, 2.45) is 5.92 Å². The summed E-state index contributed by atoms with van der Waals surface area (Å²) < 4.78 is 5.24. The largest absolute Gasteiger partial charge is 0.384 e. The summed E-state index contributed by atoms with van der Waals surface area (Å²) >= 11 is 0. The van der Waals surface area contributed by atoms with Crippen molar-refractivity contribution in [3.8, 4) is 0 Å². The van der Waals surface area contributed by atoms with Crippen molar-refractivity contribution in [1.29, 1.82) is 0 Å². The van der Waals surface area contributed by atoms with E-state index in [1.807, 2.05) is 12.4 Å². The first kappa shape index (κ1) is 14.1. The Labute approximate surface area is 116 Å². The average Bonchev–Trinajstić information content (AvgIpc) is 3.24. The van der Waals surface area contributed by atoms with Gasteiger partial charge in [0.2, 0.25) is 0 Å². The zero-order valence-corrected chi connectivity index (χ0v) is 12.2. The van der Waals surface area contributed by atoms with Crippen molar-refractivity contribution < 1.29 is 4.74 Å². The second-order valence-electron chi connectivity index (χ2n) is 5.23. The molecule has 19 heavy (non-hydrogen) atoms. The zero-order chi connectivity index (χ0) is 13.7. The van der Waals surface area contributed by atoms with Crippen molar-refractivity contribution in [3.05, 3.63) is 18.5 Å². The number of hydrogen-bond donors (Lipinski definition) is 1. The number of nitrogens with one attached hydrogen (secondary N) is 1. The van der Waals surface area contributed by atoms with Gasteiger partial charge in [0.1, 0.15) is 0 Å². The van der Waals surface area contributed by atoms with Gasteiger partial charge in [0.15, 0.2) is 0 Å². The highest BCUT2D eigenvalue weighted by Gasteiger charge is 2.32. The van der Waals surface area contributed by atoms with Gasteiger partial charge in [-0.3, -0.25) is 4.98 Å². The van der Waals surface area contributed by atoms with Crippen LogP contribution in [0.3, 0.4) is 0 Å². The van der Waals surface area contributed by atoms with Crippen molar-refractivity contribution in [3.63, 3.8) is 0 Å². The molecule has 1 heterocycles. The molecule has 1 aromatic rings. The SMILES string of the molecule is CCNc1cncc(N(CCOC)C(C)C2CC2)c1. The van der Waals surface area contributed by atoms with Crippen LogP contribution in [0.4, 0.5) is 11.4 Å². The summed E-state index contributed by atoms with van der Waals surface area (Å²) in [7, 11) is 1.76. The Kier molecular flexibility index (Phi) is 5.02. The Hall–Kier alpha value is -1.29. The molecule has 1 N–H and O–H groups in total. The van der Waals surface area contributed by atoms with E-state index >= 15 is 0 Å². The smallest absolute Gasteiger partial charge is 0.0637 e. The molecule has 1 unspecified atom stereocenters. The van der Waals surface area contributed by atoms with Crippen molar-refractivity contribution in [1.82, 2.24) is 4.98 Å². The molecule has 0 spiro atoms. The van der Waals surface area contributed by atoms with Crippen LogP contribution in [-0.4, -0.2) is 37.8 Å². The summed E-state index contributed by atoms with van der Waals surface area (Å²) in [5, 5.41) is 3.32. The highest BCUT2D eigenvalue weighted by molar-refractivity contribution is 5.56. The van der Waals surface area contributed by atoms with E-state index in [0.29, 0.717) is 6.04 Å². The Balaban J connectivity index is 2.13. The quantitative estimate of drug-likeness (QED) is 0.782. The lowest BCUT2D eigenvalue weighted by Crippen LogP contribution is -2.37. The lowest BCUT2D eigenvalue weighted by atomic mass is 10.1. The number of hydrogen-bond acceptors (Lipinski definition) is 4. The molecular weight excluding hydrogens is 238 g/mol. The molecule has 106 valence electrons. The number of nitrogens with zero attached hydrogens (tertiary/aromatic N) is 2. The normalized spacial score (nSPS) is 16.2. The van der Waals surface area contributed by atoms with Crippen molar-refractivity contribution >= 4 is 11.4 Å². The highest BCUT2D eigenvalue weighted by atomic mass is 16.5. The molecule has 1 fully saturated rings. The summed E-state index contributed by atoms with van der Waals surface area (Å²) in [5.41, 5.74) is 2.28. The minimum atomic E-state index is 0.564. The van der Waals surface area contributed by atoms with Gasteiger partial charge in [0.25, 0.3) is 0 Å². The van der Waals surface area contributed by atoms with E-state index in [1.54, 1.807) is 7.11 Å². The first-order chi connectivity index (χ1) is 9.26. The zero-order valence-electron chi connectivity index (χ0n) is 12.2. The Morgan fingerprint density at radius 3 is 2.89 bits per heavy atom. The van der Waals surface area contributed by atoms with Crippen LogP contribution >= 0.6 is 0 Å². The van der Waals surface area contributed by atoms with Crippen LogP contribution < -0.4 is 10.2 Å². The van der Waals surface area contributed by atoms with E-state index in [-0.39, 0.29) is 0 Å². The number of aromatic nitrogens is 1. The van der Waals surface area contributed by atoms with Gasteiger partial charge in [-0.1, -0.05) is 0 Å². The van der Waals surface area contributed by atoms with Crippen LogP contribution in [0.25, 0.3) is 0 Å². The molecule has 1 atom stereocenters. The van der Waals surface area contributed by atoms with Crippen molar-refractivity contribution in [2.75, 3.05) is 37.0 Å². The van der Waals surface area contributed by atoms with Gasteiger partial charge in [-0.15, -0.1) is 0 Å². The average molecular weight is 263 g/mol. The van der Waals surface area contributed by atoms with Crippen LogP contribution in [0.15, 0.2) is 18.5 Å². The predicted molar refractivity (Wildman–Crippen MR) is 79.8 cm³/mol. The Morgan fingerprint density at radius 2 is 2.26 bits per heavy atom. The molecule has 0 radical (unpaired) electrons. The van der Waals surface area contributed by atoms with Gasteiger partial charge < -0.3 is 15.0 Å². The van der Waals surface area contributed by atoms with Gasteiger partial charge in [-0.25, -0.2) is 0 Å². The molecule has 4 nitrogen and oxygen atoms in total. The summed E-state index contributed by atoms with van der Waals surface area (Å²) in [4.78, 5) is 6.77. The number of methoxy groups -OCH3 is 1. The fourth-order valence-corrected chi connectivity index (χ4v) is 2.48. The number of rotatable bonds is 8. The predicted octanol–water partition coefficient (Wildman–Crippen LogP) is 2.76. The fraction of sp³-hybridized carbons (Fsp3) is 0.667. The third-order valence-corrected chi connectivity index (χ3v) is 3.77. The lowest BCUT2D eigenvalue weighted by molar-refractivity contribution is 0.202. The van der Waals surface area contributed by atoms with Gasteiger partial charge in [-0.05, 0) is 38.7 Å². The molecule has 0 aliphatic heterocycles.